The number of hydrogen-bond donors (Lipinski definition) is 1. The number of carbonyl (C=O) groups is 1. The van der Waals surface area contributed by atoms with Gasteiger partial charge in [0, 0.05) is 6.61 Å². The van der Waals surface area contributed by atoms with Gasteiger partial charge in [0.2, 0.25) is 0 Å². The highest BCUT2D eigenvalue weighted by Gasteiger charge is 2.10. The van der Waals surface area contributed by atoms with Gasteiger partial charge in [0.1, 0.15) is 12.4 Å². The Morgan fingerprint density at radius 1 is 1.30 bits per heavy atom. The number of ether oxygens (including phenoxy) is 3. The molecule has 0 saturated carbocycles. The van der Waals surface area contributed by atoms with Gasteiger partial charge in [0.15, 0.2) is 0 Å². The average molecular weight is 281 g/mol. The van der Waals surface area contributed by atoms with Gasteiger partial charge in [-0.3, -0.25) is 0 Å². The fourth-order valence-electron chi connectivity index (χ4n) is 1.56. The summed E-state index contributed by atoms with van der Waals surface area (Å²) in [4.78, 5) is 11.8. The van der Waals surface area contributed by atoms with Crippen LogP contribution in [0.15, 0.2) is 18.2 Å². The topological polar surface area (TPSA) is 70.8 Å². The molecular weight excluding hydrogens is 258 g/mol. The lowest BCUT2D eigenvalue weighted by Crippen LogP contribution is -2.13. The maximum absolute atomic E-state index is 11.8. The molecule has 1 aromatic rings. The molecular formula is C15H23NO4. The van der Waals surface area contributed by atoms with Gasteiger partial charge in [-0.2, -0.15) is 0 Å². The first kappa shape index (κ1) is 16.3. The molecule has 0 aliphatic carbocycles. The van der Waals surface area contributed by atoms with E-state index in [9.17, 15) is 4.79 Å². The van der Waals surface area contributed by atoms with E-state index in [1.807, 2.05) is 6.92 Å². The quantitative estimate of drug-likeness (QED) is 0.450. The summed E-state index contributed by atoms with van der Waals surface area (Å²) in [5, 5.41) is 0. The largest absolute Gasteiger partial charge is 0.492 e. The van der Waals surface area contributed by atoms with Crippen LogP contribution in [0.3, 0.4) is 0 Å². The molecule has 0 bridgehead atoms. The predicted octanol–water partition coefficient (Wildman–Crippen LogP) is 2.50. The van der Waals surface area contributed by atoms with E-state index in [1.165, 1.54) is 0 Å². The Balaban J connectivity index is 2.41. The lowest BCUT2D eigenvalue weighted by Gasteiger charge is -2.10. The highest BCUT2D eigenvalue weighted by atomic mass is 16.6. The van der Waals surface area contributed by atoms with E-state index in [2.05, 4.69) is 13.8 Å². The number of carbonyl (C=O) groups excluding carboxylic acids is 1. The second-order valence-electron chi connectivity index (χ2n) is 4.79. The number of esters is 1. The minimum Gasteiger partial charge on any atom is -0.492 e. The van der Waals surface area contributed by atoms with E-state index < -0.39 is 5.97 Å². The maximum atomic E-state index is 11.8. The Morgan fingerprint density at radius 3 is 2.65 bits per heavy atom. The van der Waals surface area contributed by atoms with Crippen LogP contribution in [0, 0.1) is 5.92 Å². The van der Waals surface area contributed by atoms with Crippen LogP contribution >= 0.6 is 0 Å². The maximum Gasteiger partial charge on any atom is 0.338 e. The molecule has 0 unspecified atom stereocenters. The first-order valence-corrected chi connectivity index (χ1v) is 6.81. The first-order valence-electron chi connectivity index (χ1n) is 6.81. The van der Waals surface area contributed by atoms with Gasteiger partial charge in [-0.15, -0.1) is 0 Å². The molecule has 5 nitrogen and oxygen atoms in total. The number of hydrogen-bond acceptors (Lipinski definition) is 5. The van der Waals surface area contributed by atoms with Gasteiger partial charge in [0.25, 0.3) is 0 Å². The second kappa shape index (κ2) is 8.43. The van der Waals surface area contributed by atoms with Gasteiger partial charge in [0.05, 0.1) is 24.5 Å². The van der Waals surface area contributed by atoms with E-state index in [4.69, 9.17) is 19.9 Å². The van der Waals surface area contributed by atoms with Crippen LogP contribution < -0.4 is 10.5 Å². The zero-order valence-electron chi connectivity index (χ0n) is 12.3. The summed E-state index contributed by atoms with van der Waals surface area (Å²) in [7, 11) is 0. The Morgan fingerprint density at radius 2 is 2.05 bits per heavy atom. The number of nitrogen functional groups attached to an aromatic ring is 1. The summed E-state index contributed by atoms with van der Waals surface area (Å²) in [6.45, 7) is 7.83. The molecule has 5 heteroatoms. The monoisotopic (exact) mass is 281 g/mol. The molecule has 0 aliphatic rings. The van der Waals surface area contributed by atoms with Crippen molar-refractivity contribution in [3.8, 4) is 5.75 Å². The molecule has 0 atom stereocenters. The Hall–Kier alpha value is -1.75. The Bertz CT molecular complexity index is 432. The van der Waals surface area contributed by atoms with Crippen LogP contribution in [0.4, 0.5) is 5.69 Å². The van der Waals surface area contributed by atoms with Crippen molar-refractivity contribution in [2.24, 2.45) is 5.92 Å². The molecule has 0 radical (unpaired) electrons. The Kier molecular flexibility index (Phi) is 6.87. The van der Waals surface area contributed by atoms with Crippen molar-refractivity contribution < 1.29 is 19.0 Å². The molecule has 112 valence electrons. The zero-order chi connectivity index (χ0) is 15.0. The molecule has 0 amide bonds. The summed E-state index contributed by atoms with van der Waals surface area (Å²) in [5.41, 5.74) is 6.64. The van der Waals surface area contributed by atoms with Gasteiger partial charge in [-0.05, 0) is 31.0 Å². The molecule has 20 heavy (non-hydrogen) atoms. The first-order chi connectivity index (χ1) is 9.54. The van der Waals surface area contributed by atoms with Crippen LogP contribution in [0.25, 0.3) is 0 Å². The smallest absolute Gasteiger partial charge is 0.338 e. The van der Waals surface area contributed by atoms with Crippen LogP contribution in [-0.2, 0) is 9.47 Å². The zero-order valence-corrected chi connectivity index (χ0v) is 12.3. The van der Waals surface area contributed by atoms with Crippen molar-refractivity contribution in [2.75, 3.05) is 32.2 Å². The molecule has 1 rings (SSSR count). The van der Waals surface area contributed by atoms with Crippen LogP contribution in [0.2, 0.25) is 0 Å². The third-order valence-corrected chi connectivity index (χ3v) is 2.46. The number of benzene rings is 1. The number of nitrogens with two attached hydrogens (primary N) is 1. The minimum absolute atomic E-state index is 0.235. The molecule has 0 fully saturated rings. The van der Waals surface area contributed by atoms with E-state index in [1.54, 1.807) is 18.2 Å². The van der Waals surface area contributed by atoms with E-state index in [-0.39, 0.29) is 6.61 Å². The third-order valence-electron chi connectivity index (χ3n) is 2.46. The molecule has 2 N–H and O–H groups in total. The van der Waals surface area contributed by atoms with Crippen LogP contribution in [0.1, 0.15) is 31.1 Å². The predicted molar refractivity (Wildman–Crippen MR) is 78.0 cm³/mol. The lowest BCUT2D eigenvalue weighted by atomic mass is 10.2. The van der Waals surface area contributed by atoms with Gasteiger partial charge in [-0.1, -0.05) is 13.8 Å². The van der Waals surface area contributed by atoms with Gasteiger partial charge < -0.3 is 19.9 Å². The van der Waals surface area contributed by atoms with Crippen molar-refractivity contribution in [3.63, 3.8) is 0 Å². The number of anilines is 1. The van der Waals surface area contributed by atoms with Crippen LogP contribution in [0.5, 0.6) is 5.75 Å². The molecule has 0 aliphatic heterocycles. The van der Waals surface area contributed by atoms with E-state index in [0.717, 1.165) is 0 Å². The highest BCUT2D eigenvalue weighted by Crippen LogP contribution is 2.22. The van der Waals surface area contributed by atoms with Crippen molar-refractivity contribution in [3.05, 3.63) is 23.8 Å². The SMILES string of the molecule is CCOc1ccc(C(=O)OCCOCC(C)C)cc1N. The van der Waals surface area contributed by atoms with Crippen molar-refractivity contribution in [1.82, 2.24) is 0 Å². The highest BCUT2D eigenvalue weighted by molar-refractivity contribution is 5.91. The van der Waals surface area contributed by atoms with E-state index >= 15 is 0 Å². The normalized spacial score (nSPS) is 10.6. The van der Waals surface area contributed by atoms with Gasteiger partial charge in [-0.25, -0.2) is 4.79 Å². The van der Waals surface area contributed by atoms with Crippen LogP contribution in [-0.4, -0.2) is 32.4 Å². The summed E-state index contributed by atoms with van der Waals surface area (Å²) in [5.74, 6) is 0.633. The van der Waals surface area contributed by atoms with Crippen molar-refractivity contribution >= 4 is 11.7 Å². The summed E-state index contributed by atoms with van der Waals surface area (Å²) in [6, 6.07) is 4.87. The third kappa shape index (κ3) is 5.48. The molecule has 1 aromatic carbocycles. The standard InChI is InChI=1S/C15H23NO4/c1-4-19-14-6-5-12(9-13(14)16)15(17)20-8-7-18-10-11(2)3/h5-6,9,11H,4,7-8,10,16H2,1-3H3. The minimum atomic E-state index is -0.409. The second-order valence-corrected chi connectivity index (χ2v) is 4.79. The lowest BCUT2D eigenvalue weighted by molar-refractivity contribution is 0.0277. The molecule has 0 aromatic heterocycles. The summed E-state index contributed by atoms with van der Waals surface area (Å²) in [6.07, 6.45) is 0. The molecule has 0 heterocycles. The molecule has 0 spiro atoms. The summed E-state index contributed by atoms with van der Waals surface area (Å²) >= 11 is 0. The van der Waals surface area contributed by atoms with Gasteiger partial charge >= 0.3 is 5.97 Å². The van der Waals surface area contributed by atoms with Crippen molar-refractivity contribution in [1.29, 1.82) is 0 Å². The summed E-state index contributed by atoms with van der Waals surface area (Å²) < 4.78 is 15.7. The average Bonchev–Trinajstić information content (AvgIpc) is 2.40. The Labute approximate surface area is 120 Å². The fourth-order valence-corrected chi connectivity index (χ4v) is 1.56. The fraction of sp³-hybridized carbons (Fsp3) is 0.533. The van der Waals surface area contributed by atoms with Crippen molar-refractivity contribution in [2.45, 2.75) is 20.8 Å². The van der Waals surface area contributed by atoms with E-state index in [0.29, 0.717) is 42.7 Å². The molecule has 0 saturated heterocycles. The number of rotatable bonds is 8.